The Morgan fingerprint density at radius 1 is 1.14 bits per heavy atom. The number of benzene rings is 2. The van der Waals surface area contributed by atoms with Crippen molar-refractivity contribution >= 4 is 68.4 Å². The summed E-state index contributed by atoms with van der Waals surface area (Å²) in [5, 5.41) is 4.10. The second-order valence-electron chi connectivity index (χ2n) is 4.19. The van der Waals surface area contributed by atoms with Crippen molar-refractivity contribution in [3.05, 3.63) is 60.4 Å². The number of fused-ring (bicyclic) bond motifs is 1. The fraction of sp³-hybridized carbons (Fsp3) is 0. The van der Waals surface area contributed by atoms with Crippen molar-refractivity contribution in [1.82, 2.24) is 4.98 Å². The summed E-state index contributed by atoms with van der Waals surface area (Å²) in [6, 6.07) is 10.5. The molecule has 0 atom stereocenters. The topological polar surface area (TPSA) is 55.1 Å². The molecule has 0 radical (unpaired) electrons. The van der Waals surface area contributed by atoms with Crippen LogP contribution < -0.4 is 10.9 Å². The molecular weight excluding hydrogens is 426 g/mol. The number of halogens is 3. The van der Waals surface area contributed by atoms with E-state index in [9.17, 15) is 4.79 Å². The maximum absolute atomic E-state index is 12.0. The Hall–Kier alpha value is -1.31. The van der Waals surface area contributed by atoms with Gasteiger partial charge in [0.15, 0.2) is 0 Å². The van der Waals surface area contributed by atoms with Crippen LogP contribution in [0.2, 0.25) is 10.0 Å². The van der Waals surface area contributed by atoms with Crippen LogP contribution in [0.5, 0.6) is 0 Å². The molecule has 3 rings (SSSR count). The van der Waals surface area contributed by atoms with E-state index in [1.165, 1.54) is 0 Å². The smallest absolute Gasteiger partial charge is 0.348 e. The summed E-state index contributed by atoms with van der Waals surface area (Å²) < 4.78 is 6.10. The maximum atomic E-state index is 12.0. The van der Waals surface area contributed by atoms with Crippen LogP contribution in [0.1, 0.15) is 0 Å². The van der Waals surface area contributed by atoms with E-state index in [1.54, 1.807) is 30.3 Å². The van der Waals surface area contributed by atoms with Gasteiger partial charge in [-0.25, -0.2) is 4.79 Å². The zero-order chi connectivity index (χ0) is 15.0. The molecule has 0 unspecified atom stereocenters. The number of nitrogens with one attached hydrogen (secondary N) is 1. The number of hydrogen-bond acceptors (Lipinski definition) is 4. The minimum absolute atomic E-state index is 0.0451. The van der Waals surface area contributed by atoms with Crippen molar-refractivity contribution in [2.45, 2.75) is 0 Å². The third-order valence-electron chi connectivity index (χ3n) is 2.78. The van der Waals surface area contributed by atoms with Crippen molar-refractivity contribution in [2.75, 3.05) is 5.32 Å². The largest absolute Gasteiger partial charge is 0.388 e. The molecule has 4 nitrogen and oxygen atoms in total. The lowest BCUT2D eigenvalue weighted by Crippen LogP contribution is -2.05. The van der Waals surface area contributed by atoms with Gasteiger partial charge in [-0.15, -0.1) is 0 Å². The van der Waals surface area contributed by atoms with Crippen LogP contribution in [-0.2, 0) is 0 Å². The Morgan fingerprint density at radius 3 is 2.57 bits per heavy atom. The molecule has 0 aliphatic rings. The lowest BCUT2D eigenvalue weighted by Gasteiger charge is -2.08. The van der Waals surface area contributed by atoms with Gasteiger partial charge in [-0.1, -0.05) is 29.3 Å². The highest BCUT2D eigenvalue weighted by Crippen LogP contribution is 2.32. The number of anilines is 2. The molecule has 0 aliphatic heterocycles. The molecule has 0 spiro atoms. The quantitative estimate of drug-likeness (QED) is 0.588. The lowest BCUT2D eigenvalue weighted by molar-refractivity contribution is 0.522. The Bertz CT molecular complexity index is 876. The van der Waals surface area contributed by atoms with Crippen LogP contribution in [-0.4, -0.2) is 4.98 Å². The van der Waals surface area contributed by atoms with Crippen molar-refractivity contribution in [1.29, 1.82) is 0 Å². The first-order valence-electron chi connectivity index (χ1n) is 5.86. The normalized spacial score (nSPS) is 10.8. The van der Waals surface area contributed by atoms with Crippen LogP contribution in [0.25, 0.3) is 10.9 Å². The first-order chi connectivity index (χ1) is 10.0. The predicted molar refractivity (Wildman–Crippen MR) is 92.7 cm³/mol. The van der Waals surface area contributed by atoms with E-state index in [0.29, 0.717) is 26.6 Å². The third kappa shape index (κ3) is 3.00. The molecule has 0 saturated heterocycles. The van der Waals surface area contributed by atoms with Gasteiger partial charge in [0.25, 0.3) is 0 Å². The average Bonchev–Trinajstić information content (AvgIpc) is 2.44. The summed E-state index contributed by atoms with van der Waals surface area (Å²) in [6.45, 7) is 0. The summed E-state index contributed by atoms with van der Waals surface area (Å²) in [4.78, 5) is 16.3. The summed E-state index contributed by atoms with van der Waals surface area (Å²) >= 11 is 14.2. The van der Waals surface area contributed by atoms with Gasteiger partial charge in [-0.05, 0) is 52.9 Å². The first-order valence-corrected chi connectivity index (χ1v) is 7.69. The van der Waals surface area contributed by atoms with Crippen LogP contribution in [0.4, 0.5) is 11.7 Å². The molecule has 0 saturated carbocycles. The highest BCUT2D eigenvalue weighted by atomic mass is 127. The molecule has 1 heterocycles. The Balaban J connectivity index is 2.10. The second kappa shape index (κ2) is 5.82. The van der Waals surface area contributed by atoms with Gasteiger partial charge in [0.1, 0.15) is 0 Å². The Kier molecular flexibility index (Phi) is 4.05. The Morgan fingerprint density at radius 2 is 1.86 bits per heavy atom. The number of aromatic nitrogens is 1. The van der Waals surface area contributed by atoms with Gasteiger partial charge in [0.2, 0.25) is 0 Å². The zero-order valence-electron chi connectivity index (χ0n) is 10.4. The summed E-state index contributed by atoms with van der Waals surface area (Å²) in [6.07, 6.45) is 0. The first kappa shape index (κ1) is 14.6. The summed E-state index contributed by atoms with van der Waals surface area (Å²) in [7, 11) is 0. The minimum atomic E-state index is -0.468. The lowest BCUT2D eigenvalue weighted by atomic mass is 10.2. The van der Waals surface area contributed by atoms with Gasteiger partial charge in [-0.3, -0.25) is 0 Å². The molecule has 0 amide bonds. The SMILES string of the molecule is O=c1oc(Nc2c(Cl)cccc2Cl)nc2ccc(I)cc12. The van der Waals surface area contributed by atoms with Gasteiger partial charge in [0.05, 0.1) is 26.6 Å². The molecule has 0 bridgehead atoms. The zero-order valence-corrected chi connectivity index (χ0v) is 14.0. The summed E-state index contributed by atoms with van der Waals surface area (Å²) in [5.74, 6) is 0. The average molecular weight is 433 g/mol. The van der Waals surface area contributed by atoms with Crippen molar-refractivity contribution in [2.24, 2.45) is 0 Å². The van der Waals surface area contributed by atoms with Crippen LogP contribution in [0.3, 0.4) is 0 Å². The van der Waals surface area contributed by atoms with E-state index in [-0.39, 0.29) is 6.01 Å². The molecule has 0 aliphatic carbocycles. The van der Waals surface area contributed by atoms with E-state index in [0.717, 1.165) is 3.57 Å². The van der Waals surface area contributed by atoms with E-state index in [2.05, 4.69) is 32.9 Å². The number of hydrogen-bond donors (Lipinski definition) is 1. The third-order valence-corrected chi connectivity index (χ3v) is 4.09. The maximum Gasteiger partial charge on any atom is 0.348 e. The second-order valence-corrected chi connectivity index (χ2v) is 6.25. The van der Waals surface area contributed by atoms with Crippen molar-refractivity contribution in [3.63, 3.8) is 0 Å². The van der Waals surface area contributed by atoms with E-state index >= 15 is 0 Å². The van der Waals surface area contributed by atoms with Crippen molar-refractivity contribution < 1.29 is 4.42 Å². The van der Waals surface area contributed by atoms with Crippen molar-refractivity contribution in [3.8, 4) is 0 Å². The molecule has 0 fully saturated rings. The van der Waals surface area contributed by atoms with E-state index < -0.39 is 5.63 Å². The fourth-order valence-corrected chi connectivity index (χ4v) is 2.81. The fourth-order valence-electron chi connectivity index (χ4n) is 1.82. The summed E-state index contributed by atoms with van der Waals surface area (Å²) in [5.41, 5.74) is 0.517. The number of rotatable bonds is 2. The minimum Gasteiger partial charge on any atom is -0.388 e. The molecule has 21 heavy (non-hydrogen) atoms. The van der Waals surface area contributed by atoms with Gasteiger partial charge in [-0.2, -0.15) is 4.98 Å². The molecule has 106 valence electrons. The predicted octanol–water partition coefficient (Wildman–Crippen LogP) is 4.84. The molecule has 1 aromatic heterocycles. The van der Waals surface area contributed by atoms with Crippen LogP contribution in [0, 0.1) is 3.57 Å². The molecule has 2 aromatic carbocycles. The standard InChI is InChI=1S/C14H7Cl2IN2O2/c15-9-2-1-3-10(16)12(9)19-14-18-11-5-4-7(17)6-8(11)13(20)21-14/h1-6H,(H,18,19). The molecule has 7 heteroatoms. The highest BCUT2D eigenvalue weighted by Gasteiger charge is 2.11. The Labute approximate surface area is 143 Å². The van der Waals surface area contributed by atoms with Gasteiger partial charge in [0, 0.05) is 3.57 Å². The van der Waals surface area contributed by atoms with Gasteiger partial charge < -0.3 is 9.73 Å². The van der Waals surface area contributed by atoms with E-state index in [4.69, 9.17) is 27.6 Å². The number of nitrogens with zero attached hydrogens (tertiary/aromatic N) is 1. The van der Waals surface area contributed by atoms with E-state index in [1.807, 2.05) is 6.07 Å². The molecular formula is C14H7Cl2IN2O2. The monoisotopic (exact) mass is 432 g/mol. The molecule has 1 N–H and O–H groups in total. The molecule has 3 aromatic rings. The highest BCUT2D eigenvalue weighted by molar-refractivity contribution is 14.1. The van der Waals surface area contributed by atoms with Crippen LogP contribution in [0.15, 0.2) is 45.6 Å². The van der Waals surface area contributed by atoms with Gasteiger partial charge >= 0.3 is 11.6 Å². The number of para-hydroxylation sites is 1. The van der Waals surface area contributed by atoms with Crippen LogP contribution >= 0.6 is 45.8 Å².